The van der Waals surface area contributed by atoms with Gasteiger partial charge in [-0.3, -0.25) is 4.79 Å². The fourth-order valence-corrected chi connectivity index (χ4v) is 3.49. The highest BCUT2D eigenvalue weighted by Gasteiger charge is 2.19. The third-order valence-corrected chi connectivity index (χ3v) is 4.72. The third kappa shape index (κ3) is 3.18. The van der Waals surface area contributed by atoms with Gasteiger partial charge in [0.15, 0.2) is 0 Å². The van der Waals surface area contributed by atoms with Gasteiger partial charge >= 0.3 is 0 Å². The first-order chi connectivity index (χ1) is 11.1. The number of H-pyrrole nitrogens is 1. The lowest BCUT2D eigenvalue weighted by molar-refractivity contribution is 0.578. The highest BCUT2D eigenvalue weighted by molar-refractivity contribution is 9.10. The molecule has 0 aliphatic carbocycles. The van der Waals surface area contributed by atoms with Crippen molar-refractivity contribution in [2.24, 2.45) is 0 Å². The van der Waals surface area contributed by atoms with Crippen LogP contribution in [0.2, 0.25) is 0 Å². The third-order valence-electron chi connectivity index (χ3n) is 4.23. The number of aromatic amines is 1. The van der Waals surface area contributed by atoms with E-state index < -0.39 is 0 Å². The minimum absolute atomic E-state index is 0.177. The van der Waals surface area contributed by atoms with Gasteiger partial charge in [0.2, 0.25) is 0 Å². The first-order valence-corrected chi connectivity index (χ1v) is 8.58. The van der Waals surface area contributed by atoms with Crippen LogP contribution in [0.3, 0.4) is 0 Å². The van der Waals surface area contributed by atoms with E-state index in [1.54, 1.807) is 0 Å². The zero-order valence-corrected chi connectivity index (χ0v) is 14.6. The lowest BCUT2D eigenvalue weighted by Crippen LogP contribution is -2.30. The molecule has 1 N–H and O–H groups in total. The van der Waals surface area contributed by atoms with E-state index in [2.05, 4.69) is 37.9 Å². The molecule has 1 aliphatic heterocycles. The second kappa shape index (κ2) is 6.59. The summed E-state index contributed by atoms with van der Waals surface area (Å²) in [6.45, 7) is 3.85. The van der Waals surface area contributed by atoms with E-state index in [1.165, 1.54) is 19.3 Å². The molecule has 0 atom stereocenters. The molecule has 1 aliphatic rings. The molecule has 3 rings (SSSR count). The van der Waals surface area contributed by atoms with Crippen molar-refractivity contribution in [2.45, 2.75) is 26.2 Å². The summed E-state index contributed by atoms with van der Waals surface area (Å²) in [5.41, 5.74) is 3.35. The van der Waals surface area contributed by atoms with Crippen molar-refractivity contribution in [3.05, 3.63) is 50.3 Å². The molecule has 23 heavy (non-hydrogen) atoms. The van der Waals surface area contributed by atoms with Gasteiger partial charge in [0, 0.05) is 40.1 Å². The van der Waals surface area contributed by atoms with Crippen LogP contribution in [0.15, 0.2) is 33.5 Å². The predicted molar refractivity (Wildman–Crippen MR) is 95.7 cm³/mol. The van der Waals surface area contributed by atoms with Gasteiger partial charge in [0.05, 0.1) is 0 Å². The van der Waals surface area contributed by atoms with Crippen molar-refractivity contribution >= 4 is 21.6 Å². The molecule has 1 saturated heterocycles. The summed E-state index contributed by atoms with van der Waals surface area (Å²) in [6, 6.07) is 9.98. The van der Waals surface area contributed by atoms with E-state index in [0.29, 0.717) is 5.56 Å². The Bertz CT molecular complexity index is 829. The summed E-state index contributed by atoms with van der Waals surface area (Å²) in [4.78, 5) is 17.2. The Morgan fingerprint density at radius 2 is 1.91 bits per heavy atom. The van der Waals surface area contributed by atoms with Crippen LogP contribution in [-0.4, -0.2) is 18.1 Å². The monoisotopic (exact) mass is 371 g/mol. The average molecular weight is 372 g/mol. The maximum atomic E-state index is 12.1. The Labute approximate surface area is 143 Å². The summed E-state index contributed by atoms with van der Waals surface area (Å²) in [5.74, 6) is 0. The number of nitrogens with one attached hydrogen (secondary N) is 1. The average Bonchev–Trinajstić information content (AvgIpc) is 2.55. The van der Waals surface area contributed by atoms with E-state index in [0.717, 1.165) is 34.5 Å². The number of pyridine rings is 1. The number of aryl methyl sites for hydroxylation is 1. The standard InChI is InChI=1S/C18H18BrN3O/c1-12-9-15(16(11-20)18(23)21-12)14-6-5-13(19)10-17(14)22-7-3-2-4-8-22/h5-6,9-10H,2-4,7-8H2,1H3,(H,21,23). The van der Waals surface area contributed by atoms with Gasteiger partial charge in [-0.2, -0.15) is 5.26 Å². The highest BCUT2D eigenvalue weighted by Crippen LogP contribution is 2.35. The van der Waals surface area contributed by atoms with Gasteiger partial charge in [0.1, 0.15) is 11.6 Å². The molecule has 2 heterocycles. The normalized spacial score (nSPS) is 14.6. The smallest absolute Gasteiger partial charge is 0.266 e. The highest BCUT2D eigenvalue weighted by atomic mass is 79.9. The molecule has 0 spiro atoms. The predicted octanol–water partition coefficient (Wildman–Crippen LogP) is 3.97. The molecular formula is C18H18BrN3O. The van der Waals surface area contributed by atoms with E-state index in [9.17, 15) is 10.1 Å². The lowest BCUT2D eigenvalue weighted by atomic mass is 9.97. The molecule has 1 fully saturated rings. The van der Waals surface area contributed by atoms with Crippen LogP contribution < -0.4 is 10.5 Å². The van der Waals surface area contributed by atoms with Gasteiger partial charge < -0.3 is 9.88 Å². The van der Waals surface area contributed by atoms with Crippen molar-refractivity contribution < 1.29 is 0 Å². The van der Waals surface area contributed by atoms with Crippen molar-refractivity contribution in [1.29, 1.82) is 5.26 Å². The van der Waals surface area contributed by atoms with Crippen LogP contribution in [0.4, 0.5) is 5.69 Å². The first-order valence-electron chi connectivity index (χ1n) is 7.79. The number of nitriles is 1. The molecule has 0 saturated carbocycles. The van der Waals surface area contributed by atoms with Crippen LogP contribution in [0, 0.1) is 18.3 Å². The minimum atomic E-state index is -0.324. The molecule has 0 bridgehead atoms. The summed E-state index contributed by atoms with van der Waals surface area (Å²) in [7, 11) is 0. The Kier molecular flexibility index (Phi) is 4.53. The SMILES string of the molecule is Cc1cc(-c2ccc(Br)cc2N2CCCCC2)c(C#N)c(=O)[nH]1. The van der Waals surface area contributed by atoms with Crippen LogP contribution in [0.1, 0.15) is 30.5 Å². The molecule has 5 heteroatoms. The molecule has 0 amide bonds. The maximum Gasteiger partial charge on any atom is 0.266 e. The second-order valence-electron chi connectivity index (χ2n) is 5.89. The second-order valence-corrected chi connectivity index (χ2v) is 6.81. The fourth-order valence-electron chi connectivity index (χ4n) is 3.14. The summed E-state index contributed by atoms with van der Waals surface area (Å²) in [6.07, 6.45) is 3.60. The Hall–Kier alpha value is -2.06. The maximum absolute atomic E-state index is 12.1. The van der Waals surface area contributed by atoms with E-state index >= 15 is 0 Å². The van der Waals surface area contributed by atoms with Gasteiger partial charge in [-0.25, -0.2) is 0 Å². The summed E-state index contributed by atoms with van der Waals surface area (Å²) in [5, 5.41) is 9.41. The number of hydrogen-bond donors (Lipinski definition) is 1. The minimum Gasteiger partial charge on any atom is -0.371 e. The number of hydrogen-bond acceptors (Lipinski definition) is 3. The molecule has 0 unspecified atom stereocenters. The Morgan fingerprint density at radius 3 is 2.61 bits per heavy atom. The molecule has 4 nitrogen and oxygen atoms in total. The summed E-state index contributed by atoms with van der Waals surface area (Å²) < 4.78 is 1.00. The summed E-state index contributed by atoms with van der Waals surface area (Å²) >= 11 is 3.54. The lowest BCUT2D eigenvalue weighted by Gasteiger charge is -2.31. The molecule has 1 aromatic carbocycles. The molecule has 0 radical (unpaired) electrons. The van der Waals surface area contributed by atoms with E-state index in [4.69, 9.17) is 0 Å². The largest absolute Gasteiger partial charge is 0.371 e. The van der Waals surface area contributed by atoms with Crippen LogP contribution in [0.5, 0.6) is 0 Å². The number of halogens is 1. The van der Waals surface area contributed by atoms with Gasteiger partial charge in [-0.1, -0.05) is 22.0 Å². The zero-order valence-electron chi connectivity index (χ0n) is 13.0. The van der Waals surface area contributed by atoms with Gasteiger partial charge in [0.25, 0.3) is 5.56 Å². The molecular weight excluding hydrogens is 354 g/mol. The fraction of sp³-hybridized carbons (Fsp3) is 0.333. The number of nitrogens with zero attached hydrogens (tertiary/aromatic N) is 2. The Morgan fingerprint density at radius 1 is 1.17 bits per heavy atom. The van der Waals surface area contributed by atoms with Gasteiger partial charge in [-0.05, 0) is 44.4 Å². The van der Waals surface area contributed by atoms with Crippen LogP contribution in [-0.2, 0) is 0 Å². The van der Waals surface area contributed by atoms with Crippen LogP contribution >= 0.6 is 15.9 Å². The first kappa shape index (κ1) is 15.8. The van der Waals surface area contributed by atoms with Crippen molar-refractivity contribution in [1.82, 2.24) is 4.98 Å². The van der Waals surface area contributed by atoms with Crippen molar-refractivity contribution in [3.63, 3.8) is 0 Å². The van der Waals surface area contributed by atoms with Gasteiger partial charge in [-0.15, -0.1) is 0 Å². The number of piperidine rings is 1. The molecule has 118 valence electrons. The topological polar surface area (TPSA) is 59.9 Å². The van der Waals surface area contributed by atoms with E-state index in [1.807, 2.05) is 25.1 Å². The van der Waals surface area contributed by atoms with Crippen LogP contribution in [0.25, 0.3) is 11.1 Å². The number of anilines is 1. The van der Waals surface area contributed by atoms with E-state index in [-0.39, 0.29) is 11.1 Å². The number of rotatable bonds is 2. The number of benzene rings is 1. The van der Waals surface area contributed by atoms with Crippen molar-refractivity contribution in [2.75, 3.05) is 18.0 Å². The number of aromatic nitrogens is 1. The molecule has 1 aromatic heterocycles. The molecule has 2 aromatic rings. The quantitative estimate of drug-likeness (QED) is 0.868. The zero-order chi connectivity index (χ0) is 16.4. The Balaban J connectivity index is 2.21. The van der Waals surface area contributed by atoms with Crippen molar-refractivity contribution in [3.8, 4) is 17.2 Å².